The molecule has 0 spiro atoms. The van der Waals surface area contributed by atoms with Crippen molar-refractivity contribution in [1.29, 1.82) is 0 Å². The van der Waals surface area contributed by atoms with Crippen molar-refractivity contribution in [2.24, 2.45) is 0 Å². The number of nitrogens with one attached hydrogen (secondary N) is 2. The first-order valence-corrected chi connectivity index (χ1v) is 12.5. The summed E-state index contributed by atoms with van der Waals surface area (Å²) in [6, 6.07) is 24.2. The Bertz CT molecular complexity index is 1370. The first kappa shape index (κ1) is 23.6. The molecule has 5 rings (SSSR count). The largest absolute Gasteiger partial charge is 0.465 e. The van der Waals surface area contributed by atoms with Gasteiger partial charge in [-0.3, -0.25) is 4.79 Å². The van der Waals surface area contributed by atoms with E-state index in [1.165, 1.54) is 24.4 Å². The van der Waals surface area contributed by atoms with Crippen molar-refractivity contribution >= 4 is 29.3 Å². The summed E-state index contributed by atoms with van der Waals surface area (Å²) in [5.74, 6) is 0.0856. The quantitative estimate of drug-likeness (QED) is 0.371. The Labute approximate surface area is 213 Å². The van der Waals surface area contributed by atoms with Crippen molar-refractivity contribution in [2.45, 2.75) is 29.8 Å². The summed E-state index contributed by atoms with van der Waals surface area (Å²) in [5.41, 5.74) is 7.57. The maximum absolute atomic E-state index is 13.5. The van der Waals surface area contributed by atoms with Gasteiger partial charge in [-0.05, 0) is 41.8 Å². The fourth-order valence-corrected chi connectivity index (χ4v) is 5.14. The molecule has 2 atom stereocenters. The smallest absolute Gasteiger partial charge is 0.337 e. The lowest BCUT2D eigenvalue weighted by atomic mass is 10.0. The number of methoxy groups -OCH3 is 1. The van der Waals surface area contributed by atoms with Gasteiger partial charge in [-0.1, -0.05) is 73.3 Å². The van der Waals surface area contributed by atoms with Crippen LogP contribution in [0.25, 0.3) is 11.4 Å². The third-order valence-electron chi connectivity index (χ3n) is 6.05. The van der Waals surface area contributed by atoms with Crippen LogP contribution in [0.5, 0.6) is 0 Å². The van der Waals surface area contributed by atoms with E-state index in [4.69, 9.17) is 4.74 Å². The topological polar surface area (TPSA) is 98.1 Å². The summed E-state index contributed by atoms with van der Waals surface area (Å²) in [5, 5.41) is 11.8. The molecule has 0 bridgehead atoms. The van der Waals surface area contributed by atoms with Crippen molar-refractivity contribution in [1.82, 2.24) is 14.9 Å². The molecule has 2 heterocycles. The summed E-state index contributed by atoms with van der Waals surface area (Å²) in [4.78, 5) is 25.4. The SMILES string of the molecule is CCc1ccc(NC(=O)[C@H]2Sc3nnc(-c4ccccc4)n3N[C@@H]2c2ccc(C(=O)OC)cc2)cc1. The number of hydrogen-bond donors (Lipinski definition) is 2. The van der Waals surface area contributed by atoms with Gasteiger partial charge in [0.15, 0.2) is 5.82 Å². The molecule has 9 heteroatoms. The van der Waals surface area contributed by atoms with Crippen molar-refractivity contribution in [3.63, 3.8) is 0 Å². The molecule has 0 unspecified atom stereocenters. The Kier molecular flexibility index (Phi) is 6.73. The molecule has 0 saturated heterocycles. The number of benzene rings is 3. The standard InChI is InChI=1S/C27H25N5O3S/c1-3-17-9-15-21(16-10-17)28-25(33)23-22(18-11-13-20(14-12-18)26(34)35-2)31-32-24(29-30-27(32)36-23)19-7-5-4-6-8-19/h4-16,22-23,31H,3H2,1-2H3,(H,28,33)/t22-,23+/m1/s1. The predicted octanol–water partition coefficient (Wildman–Crippen LogP) is 4.69. The van der Waals surface area contributed by atoms with Crippen LogP contribution in [0.4, 0.5) is 5.69 Å². The third-order valence-corrected chi connectivity index (χ3v) is 7.26. The van der Waals surface area contributed by atoms with Crippen LogP contribution >= 0.6 is 11.8 Å². The van der Waals surface area contributed by atoms with Crippen LogP contribution in [-0.2, 0) is 16.0 Å². The number of fused-ring (bicyclic) bond motifs is 1. The number of aromatic nitrogens is 3. The lowest BCUT2D eigenvalue weighted by Gasteiger charge is -2.33. The van der Waals surface area contributed by atoms with Crippen molar-refractivity contribution < 1.29 is 14.3 Å². The maximum atomic E-state index is 13.5. The number of ether oxygens (including phenoxy) is 1. The van der Waals surface area contributed by atoms with Gasteiger partial charge in [0.1, 0.15) is 5.25 Å². The number of rotatable bonds is 6. The van der Waals surface area contributed by atoms with E-state index in [2.05, 4.69) is 27.9 Å². The zero-order chi connectivity index (χ0) is 25.1. The van der Waals surface area contributed by atoms with Gasteiger partial charge in [0.25, 0.3) is 0 Å². The van der Waals surface area contributed by atoms with Crippen molar-refractivity contribution in [3.05, 3.63) is 95.6 Å². The van der Waals surface area contributed by atoms with E-state index in [1.54, 1.807) is 12.1 Å². The summed E-state index contributed by atoms with van der Waals surface area (Å²) in [6.45, 7) is 2.09. The molecule has 182 valence electrons. The zero-order valence-corrected chi connectivity index (χ0v) is 20.7. The Hall–Kier alpha value is -4.11. The first-order chi connectivity index (χ1) is 17.6. The Morgan fingerprint density at radius 1 is 1.00 bits per heavy atom. The molecule has 0 saturated carbocycles. The Balaban J connectivity index is 1.49. The second-order valence-corrected chi connectivity index (χ2v) is 9.41. The second-order valence-electron chi connectivity index (χ2n) is 8.31. The van der Waals surface area contributed by atoms with Gasteiger partial charge >= 0.3 is 5.97 Å². The molecule has 36 heavy (non-hydrogen) atoms. The molecule has 1 aliphatic rings. The van der Waals surface area contributed by atoms with Crippen LogP contribution in [0.2, 0.25) is 0 Å². The monoisotopic (exact) mass is 499 g/mol. The fraction of sp³-hybridized carbons (Fsp3) is 0.185. The van der Waals surface area contributed by atoms with Crippen molar-refractivity contribution in [3.8, 4) is 11.4 Å². The number of esters is 1. The van der Waals surface area contributed by atoms with E-state index < -0.39 is 17.3 Å². The molecule has 1 amide bonds. The number of amides is 1. The van der Waals surface area contributed by atoms with Crippen LogP contribution in [-0.4, -0.2) is 39.1 Å². The number of aryl methyl sites for hydroxylation is 1. The van der Waals surface area contributed by atoms with Gasteiger partial charge < -0.3 is 15.5 Å². The number of carbonyl (C=O) groups is 2. The number of carbonyl (C=O) groups excluding carboxylic acids is 2. The van der Waals surface area contributed by atoms with Gasteiger partial charge in [-0.25, -0.2) is 9.47 Å². The summed E-state index contributed by atoms with van der Waals surface area (Å²) in [7, 11) is 1.35. The molecule has 0 radical (unpaired) electrons. The summed E-state index contributed by atoms with van der Waals surface area (Å²) < 4.78 is 6.64. The molecule has 1 aromatic heterocycles. The Morgan fingerprint density at radius 2 is 1.72 bits per heavy atom. The van der Waals surface area contributed by atoms with Crippen LogP contribution in [0.15, 0.2) is 84.0 Å². The highest BCUT2D eigenvalue weighted by Gasteiger charge is 2.38. The number of hydrogen-bond acceptors (Lipinski definition) is 7. The van der Waals surface area contributed by atoms with Gasteiger partial charge in [-0.2, -0.15) is 0 Å². The van der Waals surface area contributed by atoms with Gasteiger partial charge in [0, 0.05) is 11.3 Å². The van der Waals surface area contributed by atoms with Crippen LogP contribution in [0, 0.1) is 0 Å². The highest BCUT2D eigenvalue weighted by atomic mass is 32.2. The Morgan fingerprint density at radius 3 is 2.39 bits per heavy atom. The molecule has 1 aliphatic heterocycles. The van der Waals surface area contributed by atoms with Gasteiger partial charge in [0.2, 0.25) is 11.1 Å². The average molecular weight is 500 g/mol. The summed E-state index contributed by atoms with van der Waals surface area (Å²) >= 11 is 1.35. The predicted molar refractivity (Wildman–Crippen MR) is 139 cm³/mol. The van der Waals surface area contributed by atoms with E-state index in [-0.39, 0.29) is 5.91 Å². The summed E-state index contributed by atoms with van der Waals surface area (Å²) in [6.07, 6.45) is 0.930. The first-order valence-electron chi connectivity index (χ1n) is 11.6. The van der Waals surface area contributed by atoms with E-state index >= 15 is 0 Å². The average Bonchev–Trinajstić information content (AvgIpc) is 3.36. The highest BCUT2D eigenvalue weighted by Crippen LogP contribution is 2.39. The maximum Gasteiger partial charge on any atom is 0.337 e. The minimum absolute atomic E-state index is 0.158. The lowest BCUT2D eigenvalue weighted by molar-refractivity contribution is -0.116. The minimum Gasteiger partial charge on any atom is -0.465 e. The molecule has 2 N–H and O–H groups in total. The van der Waals surface area contributed by atoms with E-state index in [0.29, 0.717) is 16.5 Å². The molecule has 4 aromatic rings. The number of nitrogens with zero attached hydrogens (tertiary/aromatic N) is 3. The number of thioether (sulfide) groups is 1. The van der Waals surface area contributed by atoms with Gasteiger partial charge in [-0.15, -0.1) is 10.2 Å². The molecule has 3 aromatic carbocycles. The van der Waals surface area contributed by atoms with Crippen molar-refractivity contribution in [2.75, 3.05) is 17.9 Å². The van der Waals surface area contributed by atoms with Crippen LogP contribution in [0.3, 0.4) is 0 Å². The number of anilines is 1. The highest BCUT2D eigenvalue weighted by molar-refractivity contribution is 8.00. The molecular weight excluding hydrogens is 474 g/mol. The third kappa shape index (κ3) is 4.70. The van der Waals surface area contributed by atoms with E-state index in [0.717, 1.165) is 23.2 Å². The fourth-order valence-electron chi connectivity index (χ4n) is 4.06. The van der Waals surface area contributed by atoms with Crippen LogP contribution < -0.4 is 10.7 Å². The molecular formula is C27H25N5O3S. The minimum atomic E-state index is -0.542. The van der Waals surface area contributed by atoms with Crippen LogP contribution in [0.1, 0.15) is 34.5 Å². The lowest BCUT2D eigenvalue weighted by Crippen LogP contribution is -2.41. The zero-order valence-electron chi connectivity index (χ0n) is 19.8. The molecule has 0 aliphatic carbocycles. The second kappa shape index (κ2) is 10.2. The molecule has 0 fully saturated rings. The van der Waals surface area contributed by atoms with E-state index in [1.807, 2.05) is 71.4 Å². The normalized spacial score (nSPS) is 16.5. The van der Waals surface area contributed by atoms with Gasteiger partial charge in [0.05, 0.1) is 18.7 Å². The molecule has 8 nitrogen and oxygen atoms in total. The van der Waals surface area contributed by atoms with E-state index in [9.17, 15) is 9.59 Å².